The number of aryl methyl sites for hydroxylation is 1. The smallest absolute Gasteiger partial charge is 0.355 e. The first-order valence-corrected chi connectivity index (χ1v) is 9.07. The van der Waals surface area contributed by atoms with Crippen LogP contribution in [0, 0.1) is 12.8 Å². The first-order valence-electron chi connectivity index (χ1n) is 7.42. The Labute approximate surface area is 137 Å². The van der Waals surface area contributed by atoms with Gasteiger partial charge in [-0.05, 0) is 49.8 Å². The molecule has 118 valence electrons. The molecular weight excluding hydrogens is 318 g/mol. The third-order valence-corrected chi connectivity index (χ3v) is 5.63. The molecule has 1 atom stereocenters. The Hall–Kier alpha value is -1.31. The van der Waals surface area contributed by atoms with Gasteiger partial charge in [0.15, 0.2) is 5.69 Å². The highest BCUT2D eigenvalue weighted by molar-refractivity contribution is 7.09. The molecule has 0 aromatic carbocycles. The molecule has 2 aromatic heterocycles. The van der Waals surface area contributed by atoms with Crippen LogP contribution in [0.5, 0.6) is 0 Å². The minimum atomic E-state index is -0.937. The van der Waals surface area contributed by atoms with Crippen LogP contribution in [0.4, 0.5) is 0 Å². The summed E-state index contributed by atoms with van der Waals surface area (Å²) in [7, 11) is 0. The lowest BCUT2D eigenvalue weighted by Crippen LogP contribution is -2.35. The molecule has 1 unspecified atom stereocenters. The van der Waals surface area contributed by atoms with E-state index in [1.54, 1.807) is 16.9 Å². The summed E-state index contributed by atoms with van der Waals surface area (Å²) in [6.07, 6.45) is 3.27. The topological polar surface area (TPSA) is 66.3 Å². The maximum Gasteiger partial charge on any atom is 0.355 e. The van der Waals surface area contributed by atoms with Crippen molar-refractivity contribution in [2.75, 3.05) is 13.1 Å². The number of hydrogen-bond acceptors (Lipinski definition) is 6. The van der Waals surface area contributed by atoms with Crippen LogP contribution < -0.4 is 0 Å². The summed E-state index contributed by atoms with van der Waals surface area (Å²) in [5, 5.41) is 11.5. The molecule has 1 fully saturated rings. The lowest BCUT2D eigenvalue weighted by molar-refractivity contribution is 0.0691. The van der Waals surface area contributed by atoms with Gasteiger partial charge in [-0.1, -0.05) is 0 Å². The van der Waals surface area contributed by atoms with E-state index in [1.807, 2.05) is 6.92 Å². The molecule has 22 heavy (non-hydrogen) atoms. The first kappa shape index (κ1) is 15.6. The van der Waals surface area contributed by atoms with E-state index in [1.165, 1.54) is 29.1 Å². The van der Waals surface area contributed by atoms with Gasteiger partial charge in [0.25, 0.3) is 0 Å². The molecular formula is C15H19N3O2S2. The molecule has 1 N–H and O–H groups in total. The summed E-state index contributed by atoms with van der Waals surface area (Å²) in [5.41, 5.74) is 1.27. The molecule has 1 aliphatic heterocycles. The predicted molar refractivity (Wildman–Crippen MR) is 87.6 cm³/mol. The maximum atomic E-state index is 10.9. The van der Waals surface area contributed by atoms with Crippen molar-refractivity contribution in [1.29, 1.82) is 0 Å². The number of carboxylic acid groups (broad SMARTS) is 1. The van der Waals surface area contributed by atoms with E-state index in [-0.39, 0.29) is 5.69 Å². The highest BCUT2D eigenvalue weighted by Gasteiger charge is 2.22. The maximum absolute atomic E-state index is 10.9. The van der Waals surface area contributed by atoms with Crippen LogP contribution in [0.2, 0.25) is 0 Å². The van der Waals surface area contributed by atoms with Crippen molar-refractivity contribution in [3.8, 4) is 0 Å². The van der Waals surface area contributed by atoms with E-state index in [0.717, 1.165) is 36.8 Å². The average Bonchev–Trinajstić information content (AvgIpc) is 3.09. The van der Waals surface area contributed by atoms with Crippen molar-refractivity contribution in [2.45, 2.75) is 32.7 Å². The zero-order chi connectivity index (χ0) is 15.5. The second kappa shape index (κ2) is 6.85. The molecule has 3 rings (SSSR count). The van der Waals surface area contributed by atoms with E-state index < -0.39 is 5.97 Å². The Bertz CT molecular complexity index is 653. The zero-order valence-corrected chi connectivity index (χ0v) is 14.1. The van der Waals surface area contributed by atoms with Gasteiger partial charge in [0.2, 0.25) is 0 Å². The highest BCUT2D eigenvalue weighted by Crippen LogP contribution is 2.24. The number of carbonyl (C=O) groups is 1. The van der Waals surface area contributed by atoms with Crippen LogP contribution in [-0.2, 0) is 13.0 Å². The van der Waals surface area contributed by atoms with Crippen molar-refractivity contribution in [1.82, 2.24) is 14.3 Å². The fraction of sp³-hybridized carbons (Fsp3) is 0.533. The molecule has 2 aromatic rings. The molecule has 0 saturated carbocycles. The number of aromatic nitrogens is 2. The first-order chi connectivity index (χ1) is 10.6. The third kappa shape index (κ3) is 3.91. The second-order valence-corrected chi connectivity index (χ2v) is 7.65. The standard InChI is InChI=1S/C15H19N3O2S2/c1-10-5-12(22-17-10)8-18-4-2-3-11(7-18)6-14-16-13(9-21-14)15(19)20/h5,9,11H,2-4,6-8H2,1H3,(H,19,20). The molecule has 0 aliphatic carbocycles. The van der Waals surface area contributed by atoms with Crippen molar-refractivity contribution in [3.63, 3.8) is 0 Å². The third-order valence-electron chi connectivity index (χ3n) is 3.89. The molecule has 1 aliphatic rings. The molecule has 7 heteroatoms. The number of hydrogen-bond donors (Lipinski definition) is 1. The van der Waals surface area contributed by atoms with Gasteiger partial charge in [0.05, 0.1) is 10.7 Å². The molecule has 0 spiro atoms. The van der Waals surface area contributed by atoms with Crippen LogP contribution in [0.15, 0.2) is 11.4 Å². The van der Waals surface area contributed by atoms with Gasteiger partial charge in [0.1, 0.15) is 0 Å². The Balaban J connectivity index is 1.56. The molecule has 0 bridgehead atoms. The van der Waals surface area contributed by atoms with Crippen LogP contribution >= 0.6 is 22.9 Å². The number of carboxylic acids is 1. The summed E-state index contributed by atoms with van der Waals surface area (Å²) in [6, 6.07) is 2.16. The van der Waals surface area contributed by atoms with Crippen molar-refractivity contribution in [2.24, 2.45) is 5.92 Å². The molecule has 0 amide bonds. The van der Waals surface area contributed by atoms with Crippen molar-refractivity contribution >= 4 is 28.8 Å². The van der Waals surface area contributed by atoms with Gasteiger partial charge in [-0.25, -0.2) is 9.78 Å². The fourth-order valence-corrected chi connectivity index (χ4v) is 4.58. The van der Waals surface area contributed by atoms with Gasteiger partial charge >= 0.3 is 5.97 Å². The highest BCUT2D eigenvalue weighted by atomic mass is 32.1. The van der Waals surface area contributed by atoms with Crippen LogP contribution in [0.1, 0.15) is 38.9 Å². The Kier molecular flexibility index (Phi) is 4.85. The van der Waals surface area contributed by atoms with E-state index in [4.69, 9.17) is 5.11 Å². The van der Waals surface area contributed by atoms with Gasteiger partial charge < -0.3 is 5.11 Å². The fourth-order valence-electron chi connectivity index (χ4n) is 2.92. The molecule has 0 radical (unpaired) electrons. The normalized spacial score (nSPS) is 19.4. The SMILES string of the molecule is Cc1cc(CN2CCCC(Cc3nc(C(=O)O)cs3)C2)sn1. The average molecular weight is 337 g/mol. The molecule has 1 saturated heterocycles. The number of aromatic carboxylic acids is 1. The Morgan fingerprint density at radius 1 is 1.55 bits per heavy atom. The predicted octanol–water partition coefficient (Wildman–Crippen LogP) is 3.06. The van der Waals surface area contributed by atoms with E-state index in [0.29, 0.717) is 5.92 Å². The Morgan fingerprint density at radius 3 is 3.09 bits per heavy atom. The zero-order valence-electron chi connectivity index (χ0n) is 12.5. The second-order valence-electron chi connectivity index (χ2n) is 5.81. The monoisotopic (exact) mass is 337 g/mol. The summed E-state index contributed by atoms with van der Waals surface area (Å²) in [4.78, 5) is 18.9. The molecule has 5 nitrogen and oxygen atoms in total. The van der Waals surface area contributed by atoms with Gasteiger partial charge in [0, 0.05) is 29.8 Å². The number of piperidine rings is 1. The van der Waals surface area contributed by atoms with Gasteiger partial charge in [-0.2, -0.15) is 4.37 Å². The number of rotatable bonds is 5. The van der Waals surface area contributed by atoms with Crippen LogP contribution in [0.25, 0.3) is 0 Å². The van der Waals surface area contributed by atoms with E-state index in [9.17, 15) is 4.79 Å². The summed E-state index contributed by atoms with van der Waals surface area (Å²) >= 11 is 3.05. The summed E-state index contributed by atoms with van der Waals surface area (Å²) in [6.45, 7) is 5.19. The Morgan fingerprint density at radius 2 is 2.41 bits per heavy atom. The minimum absolute atomic E-state index is 0.174. The number of nitrogens with zero attached hydrogens (tertiary/aromatic N) is 3. The van der Waals surface area contributed by atoms with Crippen molar-refractivity contribution < 1.29 is 9.90 Å². The lowest BCUT2D eigenvalue weighted by atomic mass is 9.95. The molecule has 3 heterocycles. The summed E-state index contributed by atoms with van der Waals surface area (Å²) < 4.78 is 4.34. The van der Waals surface area contributed by atoms with Gasteiger partial charge in [-0.3, -0.25) is 4.90 Å². The van der Waals surface area contributed by atoms with Crippen molar-refractivity contribution in [3.05, 3.63) is 32.7 Å². The minimum Gasteiger partial charge on any atom is -0.476 e. The number of likely N-dealkylation sites (tertiary alicyclic amines) is 1. The van der Waals surface area contributed by atoms with E-state index >= 15 is 0 Å². The van der Waals surface area contributed by atoms with E-state index in [2.05, 4.69) is 20.3 Å². The van der Waals surface area contributed by atoms with Crippen LogP contribution in [-0.4, -0.2) is 38.4 Å². The summed E-state index contributed by atoms with van der Waals surface area (Å²) in [5.74, 6) is -0.371. The quantitative estimate of drug-likeness (QED) is 0.908. The lowest BCUT2D eigenvalue weighted by Gasteiger charge is -2.31. The number of thiazole rings is 1. The van der Waals surface area contributed by atoms with Crippen LogP contribution in [0.3, 0.4) is 0 Å². The van der Waals surface area contributed by atoms with Gasteiger partial charge in [-0.15, -0.1) is 11.3 Å². The largest absolute Gasteiger partial charge is 0.476 e.